The molecule has 50 heavy (non-hydrogen) atoms. The predicted molar refractivity (Wildman–Crippen MR) is 185 cm³/mol. The monoisotopic (exact) mass is 707 g/mol. The van der Waals surface area contributed by atoms with E-state index < -0.39 is 46.2 Å². The molecule has 4 aromatic rings. The van der Waals surface area contributed by atoms with Crippen LogP contribution in [0.1, 0.15) is 48.8 Å². The molecule has 1 aliphatic rings. The van der Waals surface area contributed by atoms with Crippen LogP contribution in [0, 0.1) is 0 Å². The molecule has 0 spiro atoms. The minimum absolute atomic E-state index is 0.0802. The molecule has 264 valence electrons. The Morgan fingerprint density at radius 1 is 0.840 bits per heavy atom. The van der Waals surface area contributed by atoms with Crippen LogP contribution in [0.3, 0.4) is 0 Å². The van der Waals surface area contributed by atoms with Crippen molar-refractivity contribution in [2.24, 2.45) is 0 Å². The zero-order valence-corrected chi connectivity index (χ0v) is 28.5. The fourth-order valence-corrected chi connectivity index (χ4v) is 7.58. The molecule has 1 fully saturated rings. The van der Waals surface area contributed by atoms with E-state index in [1.165, 1.54) is 42.3 Å². The Hall–Kier alpha value is -4.84. The highest BCUT2D eigenvalue weighted by molar-refractivity contribution is 7.92. The fraction of sp³-hybridized carbons (Fsp3) is 0.316. The van der Waals surface area contributed by atoms with Gasteiger partial charge < -0.3 is 15.0 Å². The Bertz CT molecular complexity index is 1850. The van der Waals surface area contributed by atoms with Crippen molar-refractivity contribution >= 4 is 27.5 Å². The largest absolute Gasteiger partial charge is 0.497 e. The minimum atomic E-state index is -4.77. The molecule has 0 aliphatic heterocycles. The first-order chi connectivity index (χ1) is 24.0. The molecule has 0 bridgehead atoms. The van der Waals surface area contributed by atoms with Crippen molar-refractivity contribution in [1.82, 2.24) is 10.2 Å². The summed E-state index contributed by atoms with van der Waals surface area (Å²) in [6.07, 6.45) is -0.0587. The summed E-state index contributed by atoms with van der Waals surface area (Å²) in [7, 11) is -3.06. The minimum Gasteiger partial charge on any atom is -0.497 e. The summed E-state index contributed by atoms with van der Waals surface area (Å²) in [5.74, 6) is -0.656. The lowest BCUT2D eigenvalue weighted by Gasteiger charge is -2.35. The van der Waals surface area contributed by atoms with Crippen molar-refractivity contribution < 1.29 is 35.9 Å². The van der Waals surface area contributed by atoms with Gasteiger partial charge in [-0.25, -0.2) is 8.42 Å². The third kappa shape index (κ3) is 9.23. The topological polar surface area (TPSA) is 96.0 Å². The Morgan fingerprint density at radius 2 is 1.48 bits per heavy atom. The van der Waals surface area contributed by atoms with Gasteiger partial charge in [0.05, 0.1) is 23.3 Å². The molecule has 1 saturated carbocycles. The van der Waals surface area contributed by atoms with Crippen molar-refractivity contribution in [3.05, 3.63) is 126 Å². The number of hydrogen-bond donors (Lipinski definition) is 1. The molecule has 0 saturated heterocycles. The van der Waals surface area contributed by atoms with Gasteiger partial charge >= 0.3 is 6.18 Å². The number of carbonyl (C=O) groups is 2. The lowest BCUT2D eigenvalue weighted by Crippen LogP contribution is -2.55. The van der Waals surface area contributed by atoms with Gasteiger partial charge in [0.25, 0.3) is 10.0 Å². The molecular weight excluding hydrogens is 667 g/mol. The Kier molecular flexibility index (Phi) is 11.8. The number of ether oxygens (including phenoxy) is 1. The van der Waals surface area contributed by atoms with Crippen molar-refractivity contribution in [2.75, 3.05) is 18.0 Å². The zero-order valence-electron chi connectivity index (χ0n) is 27.7. The molecule has 4 aromatic carbocycles. The number of halogens is 3. The van der Waals surface area contributed by atoms with Crippen LogP contribution in [-0.2, 0) is 38.8 Å². The number of methoxy groups -OCH3 is 1. The van der Waals surface area contributed by atoms with Gasteiger partial charge in [-0.2, -0.15) is 13.2 Å². The summed E-state index contributed by atoms with van der Waals surface area (Å²) in [4.78, 5) is 30.0. The normalized spacial score (nSPS) is 14.4. The van der Waals surface area contributed by atoms with E-state index in [4.69, 9.17) is 4.74 Å². The smallest absolute Gasteiger partial charge is 0.416 e. The predicted octanol–water partition coefficient (Wildman–Crippen LogP) is 7.00. The Morgan fingerprint density at radius 3 is 2.14 bits per heavy atom. The average Bonchev–Trinajstić information content (AvgIpc) is 3.13. The van der Waals surface area contributed by atoms with E-state index in [0.29, 0.717) is 21.7 Å². The van der Waals surface area contributed by atoms with Gasteiger partial charge in [0.1, 0.15) is 18.3 Å². The van der Waals surface area contributed by atoms with Gasteiger partial charge in [-0.1, -0.05) is 86.0 Å². The van der Waals surface area contributed by atoms with Gasteiger partial charge in [-0.3, -0.25) is 13.9 Å². The second-order valence-electron chi connectivity index (χ2n) is 12.3. The van der Waals surface area contributed by atoms with Crippen LogP contribution in [0.25, 0.3) is 0 Å². The highest BCUT2D eigenvalue weighted by Gasteiger charge is 2.37. The zero-order chi connectivity index (χ0) is 35.7. The van der Waals surface area contributed by atoms with Crippen LogP contribution in [-0.4, -0.2) is 50.9 Å². The maximum Gasteiger partial charge on any atom is 0.416 e. The molecule has 5 rings (SSSR count). The number of anilines is 1. The van der Waals surface area contributed by atoms with Crippen molar-refractivity contribution in [3.8, 4) is 5.75 Å². The average molecular weight is 708 g/mol. The van der Waals surface area contributed by atoms with Gasteiger partial charge in [-0.15, -0.1) is 0 Å². The van der Waals surface area contributed by atoms with E-state index in [0.717, 1.165) is 49.8 Å². The van der Waals surface area contributed by atoms with Crippen LogP contribution in [0.5, 0.6) is 5.75 Å². The Balaban J connectivity index is 1.60. The van der Waals surface area contributed by atoms with Crippen molar-refractivity contribution in [2.45, 2.75) is 68.2 Å². The first-order valence-corrected chi connectivity index (χ1v) is 17.9. The summed E-state index contributed by atoms with van der Waals surface area (Å²) >= 11 is 0. The Labute approximate surface area is 290 Å². The summed E-state index contributed by atoms with van der Waals surface area (Å²) in [5, 5.41) is 3.13. The number of amides is 2. The third-order valence-electron chi connectivity index (χ3n) is 8.78. The number of nitrogens with zero attached hydrogens (tertiary/aromatic N) is 2. The molecular formula is C38H40F3N3O5S. The van der Waals surface area contributed by atoms with E-state index in [-0.39, 0.29) is 29.6 Å². The van der Waals surface area contributed by atoms with Gasteiger partial charge in [-0.05, 0) is 66.4 Å². The van der Waals surface area contributed by atoms with E-state index in [1.54, 1.807) is 30.3 Å². The molecule has 1 N–H and O–H groups in total. The number of rotatable bonds is 13. The van der Waals surface area contributed by atoms with Crippen LogP contribution < -0.4 is 14.4 Å². The molecule has 1 atom stereocenters. The second kappa shape index (κ2) is 16.2. The third-order valence-corrected chi connectivity index (χ3v) is 10.6. The molecule has 0 heterocycles. The number of benzene rings is 4. The lowest BCUT2D eigenvalue weighted by atomic mass is 9.94. The van der Waals surface area contributed by atoms with E-state index in [9.17, 15) is 31.2 Å². The summed E-state index contributed by atoms with van der Waals surface area (Å²) in [5.41, 5.74) is -0.0356. The van der Waals surface area contributed by atoms with Gasteiger partial charge in [0, 0.05) is 19.0 Å². The highest BCUT2D eigenvalue weighted by Crippen LogP contribution is 2.33. The maximum atomic E-state index is 14.7. The maximum absolute atomic E-state index is 14.7. The molecule has 12 heteroatoms. The highest BCUT2D eigenvalue weighted by atomic mass is 32.2. The van der Waals surface area contributed by atoms with Crippen LogP contribution in [0.15, 0.2) is 114 Å². The quantitative estimate of drug-likeness (QED) is 0.162. The van der Waals surface area contributed by atoms with Crippen LogP contribution in [0.2, 0.25) is 0 Å². The van der Waals surface area contributed by atoms with E-state index >= 15 is 0 Å². The summed E-state index contributed by atoms with van der Waals surface area (Å²) in [6, 6.07) is 26.0. The van der Waals surface area contributed by atoms with Crippen molar-refractivity contribution in [3.63, 3.8) is 0 Å². The van der Waals surface area contributed by atoms with Gasteiger partial charge in [0.15, 0.2) is 0 Å². The number of hydrogen-bond acceptors (Lipinski definition) is 5. The summed E-state index contributed by atoms with van der Waals surface area (Å²) in [6.45, 7) is -0.974. The summed E-state index contributed by atoms with van der Waals surface area (Å²) < 4.78 is 75.9. The molecule has 0 unspecified atom stereocenters. The first-order valence-electron chi connectivity index (χ1n) is 16.5. The molecule has 0 aromatic heterocycles. The van der Waals surface area contributed by atoms with Crippen LogP contribution in [0.4, 0.5) is 18.9 Å². The van der Waals surface area contributed by atoms with Gasteiger partial charge in [0.2, 0.25) is 11.8 Å². The second-order valence-corrected chi connectivity index (χ2v) is 14.2. The number of nitrogens with one attached hydrogen (secondary N) is 1. The number of alkyl halides is 3. The number of sulfonamides is 1. The molecule has 8 nitrogen and oxygen atoms in total. The molecule has 1 aliphatic carbocycles. The SMILES string of the molecule is COc1cccc(CN(C(=O)CN(c2cccc(C(F)(F)F)c2)S(=O)(=O)c2ccccc2)[C@@H](Cc2ccccc2)C(=O)NC2CCCCC2)c1. The van der Waals surface area contributed by atoms with E-state index in [1.807, 2.05) is 30.3 Å². The van der Waals surface area contributed by atoms with E-state index in [2.05, 4.69) is 5.32 Å². The molecule has 2 amide bonds. The first kappa shape index (κ1) is 36.4. The standard InChI is InChI=1S/C38H40F3N3O5S/c1-49-33-20-11-15-29(23-33)26-43(35(24-28-13-5-2-6-14-28)37(46)42-31-17-7-3-8-18-31)36(45)27-44(50(47,48)34-21-9-4-10-22-34)32-19-12-16-30(25-32)38(39,40)41/h2,4-6,9-16,19-23,25,31,35H,3,7-8,17-18,24,26-27H2,1H3,(H,42,46)/t35-/m0/s1. The fourth-order valence-electron chi connectivity index (χ4n) is 6.15. The molecule has 0 radical (unpaired) electrons. The van der Waals surface area contributed by atoms with Crippen LogP contribution >= 0.6 is 0 Å². The lowest BCUT2D eigenvalue weighted by molar-refractivity contribution is -0.140. The van der Waals surface area contributed by atoms with Crippen molar-refractivity contribution in [1.29, 1.82) is 0 Å². The number of carbonyl (C=O) groups excluding carboxylic acids is 2.